The Bertz CT molecular complexity index is 366. The number of thiazole rings is 1. The molecule has 0 amide bonds. The zero-order valence-electron chi connectivity index (χ0n) is 12.1. The average molecular weight is 272 g/mol. The molecule has 2 nitrogen and oxygen atoms in total. The van der Waals surface area contributed by atoms with E-state index in [1.807, 2.05) is 0 Å². The standard InChI is InChI=1S/C13H25NOSSi/c1-10(2)12-14-11(9-16-12)8-15-17(6,7)13(3,4)5/h9-10H,8H2,1-7H3. The van der Waals surface area contributed by atoms with Crippen LogP contribution in [0.3, 0.4) is 0 Å². The predicted molar refractivity (Wildman–Crippen MR) is 78.2 cm³/mol. The quantitative estimate of drug-likeness (QED) is 0.735. The van der Waals surface area contributed by atoms with Crippen molar-refractivity contribution in [2.24, 2.45) is 0 Å². The van der Waals surface area contributed by atoms with Gasteiger partial charge in [0, 0.05) is 11.3 Å². The molecule has 1 aromatic rings. The number of rotatable bonds is 4. The molecule has 4 heteroatoms. The van der Waals surface area contributed by atoms with Crippen molar-refractivity contribution in [3.63, 3.8) is 0 Å². The molecule has 1 heterocycles. The molecule has 0 aliphatic rings. The first kappa shape index (κ1) is 14.9. The summed E-state index contributed by atoms with van der Waals surface area (Å²) in [4.78, 5) is 4.61. The van der Waals surface area contributed by atoms with Gasteiger partial charge in [0.25, 0.3) is 0 Å². The maximum Gasteiger partial charge on any atom is 0.192 e. The molecule has 98 valence electrons. The van der Waals surface area contributed by atoms with Crippen LogP contribution in [0.4, 0.5) is 0 Å². The van der Waals surface area contributed by atoms with E-state index in [2.05, 4.69) is 58.1 Å². The molecule has 0 N–H and O–H groups in total. The molecule has 1 aromatic heterocycles. The summed E-state index contributed by atoms with van der Waals surface area (Å²) < 4.78 is 6.16. The van der Waals surface area contributed by atoms with Crippen LogP contribution in [0.15, 0.2) is 5.38 Å². The lowest BCUT2D eigenvalue weighted by Gasteiger charge is -2.35. The molecule has 0 radical (unpaired) electrons. The van der Waals surface area contributed by atoms with Crippen LogP contribution in [0, 0.1) is 0 Å². The molecule has 17 heavy (non-hydrogen) atoms. The van der Waals surface area contributed by atoms with Gasteiger partial charge in [-0.25, -0.2) is 4.98 Å². The average Bonchev–Trinajstić information content (AvgIpc) is 2.61. The van der Waals surface area contributed by atoms with E-state index in [9.17, 15) is 0 Å². The smallest absolute Gasteiger partial charge is 0.192 e. The van der Waals surface area contributed by atoms with Gasteiger partial charge in [0.15, 0.2) is 8.32 Å². The van der Waals surface area contributed by atoms with Gasteiger partial charge < -0.3 is 4.43 Å². The number of hydrogen-bond donors (Lipinski definition) is 0. The molecule has 0 unspecified atom stereocenters. The summed E-state index contributed by atoms with van der Waals surface area (Å²) in [6, 6.07) is 0. The second kappa shape index (κ2) is 5.20. The zero-order chi connectivity index (χ0) is 13.3. The Labute approximate surface area is 111 Å². The van der Waals surface area contributed by atoms with Crippen LogP contribution in [0.1, 0.15) is 51.2 Å². The summed E-state index contributed by atoms with van der Waals surface area (Å²) >= 11 is 1.74. The molecule has 0 aliphatic carbocycles. The predicted octanol–water partition coefficient (Wildman–Crippen LogP) is 4.79. The Balaban J connectivity index is 2.61. The molecule has 0 saturated heterocycles. The van der Waals surface area contributed by atoms with Crippen molar-refractivity contribution >= 4 is 19.7 Å². The lowest BCUT2D eigenvalue weighted by atomic mass is 10.2. The van der Waals surface area contributed by atoms with Gasteiger partial charge in [-0.1, -0.05) is 34.6 Å². The van der Waals surface area contributed by atoms with Crippen LogP contribution in [0.5, 0.6) is 0 Å². The summed E-state index contributed by atoms with van der Waals surface area (Å²) in [6.45, 7) is 16.4. The maximum absolute atomic E-state index is 6.16. The van der Waals surface area contributed by atoms with Crippen LogP contribution >= 0.6 is 11.3 Å². The summed E-state index contributed by atoms with van der Waals surface area (Å²) in [5.41, 5.74) is 1.09. The second-order valence-corrected chi connectivity index (χ2v) is 12.1. The molecule has 0 saturated carbocycles. The summed E-state index contributed by atoms with van der Waals surface area (Å²) in [7, 11) is -1.64. The van der Waals surface area contributed by atoms with Gasteiger partial charge in [-0.05, 0) is 18.1 Å². The molecule has 1 rings (SSSR count). The normalized spacial score (nSPS) is 13.4. The van der Waals surface area contributed by atoms with Crippen LogP contribution < -0.4 is 0 Å². The van der Waals surface area contributed by atoms with Crippen LogP contribution in [-0.2, 0) is 11.0 Å². The van der Waals surface area contributed by atoms with Gasteiger partial charge >= 0.3 is 0 Å². The Morgan fingerprint density at radius 3 is 2.35 bits per heavy atom. The molecule has 0 aromatic carbocycles. The molecule has 0 fully saturated rings. The fourth-order valence-electron chi connectivity index (χ4n) is 1.12. The number of aromatic nitrogens is 1. The van der Waals surface area contributed by atoms with Crippen molar-refractivity contribution < 1.29 is 4.43 Å². The minimum absolute atomic E-state index is 0.268. The van der Waals surface area contributed by atoms with E-state index in [1.54, 1.807) is 11.3 Å². The monoisotopic (exact) mass is 271 g/mol. The van der Waals surface area contributed by atoms with E-state index in [4.69, 9.17) is 4.43 Å². The highest BCUT2D eigenvalue weighted by molar-refractivity contribution is 7.09. The van der Waals surface area contributed by atoms with Crippen molar-refractivity contribution in [1.82, 2.24) is 4.98 Å². The second-order valence-electron chi connectivity index (χ2n) is 6.38. The van der Waals surface area contributed by atoms with Gasteiger partial charge in [-0.15, -0.1) is 11.3 Å². The van der Waals surface area contributed by atoms with E-state index < -0.39 is 8.32 Å². The first-order valence-corrected chi connectivity index (χ1v) is 10.0. The van der Waals surface area contributed by atoms with Gasteiger partial charge in [-0.2, -0.15) is 0 Å². The molecular formula is C13H25NOSSi. The Morgan fingerprint density at radius 2 is 1.94 bits per heavy atom. The Hall–Kier alpha value is -0.193. The lowest BCUT2D eigenvalue weighted by molar-refractivity contribution is 0.272. The van der Waals surface area contributed by atoms with Crippen molar-refractivity contribution in [3.05, 3.63) is 16.1 Å². The number of nitrogens with zero attached hydrogens (tertiary/aromatic N) is 1. The third kappa shape index (κ3) is 3.90. The van der Waals surface area contributed by atoms with Crippen LogP contribution in [0.2, 0.25) is 18.1 Å². The fraction of sp³-hybridized carbons (Fsp3) is 0.769. The minimum atomic E-state index is -1.64. The van der Waals surface area contributed by atoms with Crippen molar-refractivity contribution in [1.29, 1.82) is 0 Å². The minimum Gasteiger partial charge on any atom is -0.411 e. The van der Waals surface area contributed by atoms with E-state index in [0.717, 1.165) is 5.69 Å². The van der Waals surface area contributed by atoms with Gasteiger partial charge in [0.1, 0.15) is 0 Å². The van der Waals surface area contributed by atoms with Crippen molar-refractivity contribution in [2.75, 3.05) is 0 Å². The molecular weight excluding hydrogens is 246 g/mol. The fourth-order valence-corrected chi connectivity index (χ4v) is 2.89. The van der Waals surface area contributed by atoms with Crippen molar-refractivity contribution in [2.45, 2.75) is 65.3 Å². The Kier molecular flexibility index (Phi) is 4.55. The van der Waals surface area contributed by atoms with Gasteiger partial charge in [0.2, 0.25) is 0 Å². The third-order valence-corrected chi connectivity index (χ3v) is 9.12. The summed E-state index contributed by atoms with van der Waals surface area (Å²) in [5, 5.41) is 3.60. The molecule has 0 bridgehead atoms. The largest absolute Gasteiger partial charge is 0.411 e. The highest BCUT2D eigenvalue weighted by Crippen LogP contribution is 2.37. The zero-order valence-corrected chi connectivity index (χ0v) is 13.9. The highest BCUT2D eigenvalue weighted by Gasteiger charge is 2.37. The topological polar surface area (TPSA) is 22.1 Å². The lowest BCUT2D eigenvalue weighted by Crippen LogP contribution is -2.40. The number of hydrogen-bond acceptors (Lipinski definition) is 3. The van der Waals surface area contributed by atoms with E-state index in [0.29, 0.717) is 12.5 Å². The third-order valence-electron chi connectivity index (χ3n) is 3.45. The molecule has 0 spiro atoms. The van der Waals surface area contributed by atoms with E-state index in [-0.39, 0.29) is 5.04 Å². The van der Waals surface area contributed by atoms with Gasteiger partial charge in [0.05, 0.1) is 17.3 Å². The summed E-state index contributed by atoms with van der Waals surface area (Å²) in [6.07, 6.45) is 0. The SMILES string of the molecule is CC(C)c1nc(CO[Si](C)(C)C(C)(C)C)cs1. The first-order chi connectivity index (χ1) is 7.63. The van der Waals surface area contributed by atoms with Gasteiger partial charge in [-0.3, -0.25) is 0 Å². The summed E-state index contributed by atoms with van der Waals surface area (Å²) in [5.74, 6) is 0.515. The maximum atomic E-state index is 6.16. The molecule has 0 aliphatic heterocycles. The highest BCUT2D eigenvalue weighted by atomic mass is 32.1. The van der Waals surface area contributed by atoms with Crippen molar-refractivity contribution in [3.8, 4) is 0 Å². The Morgan fingerprint density at radius 1 is 1.35 bits per heavy atom. The van der Waals surface area contributed by atoms with E-state index in [1.165, 1.54) is 5.01 Å². The van der Waals surface area contributed by atoms with Crippen LogP contribution in [0.25, 0.3) is 0 Å². The first-order valence-electron chi connectivity index (χ1n) is 6.22. The molecule has 0 atom stereocenters. The van der Waals surface area contributed by atoms with E-state index >= 15 is 0 Å². The van der Waals surface area contributed by atoms with Crippen LogP contribution in [-0.4, -0.2) is 13.3 Å².